The third-order valence-electron chi connectivity index (χ3n) is 3.77. The zero-order valence-electron chi connectivity index (χ0n) is 10.2. The molecule has 4 heteroatoms. The predicted octanol–water partition coefficient (Wildman–Crippen LogP) is 4.12. The lowest BCUT2D eigenvalue weighted by atomic mass is 10.1. The second kappa shape index (κ2) is 3.19. The molecule has 3 rings (SSSR count). The van der Waals surface area contributed by atoms with Gasteiger partial charge in [-0.15, -0.1) is 0 Å². The normalized spacial score (nSPS) is 22.0. The predicted molar refractivity (Wildman–Crippen MR) is 69.3 cm³/mol. The van der Waals surface area contributed by atoms with Crippen molar-refractivity contribution in [2.75, 3.05) is 0 Å². The molecule has 2 aromatic rings. The van der Waals surface area contributed by atoms with Gasteiger partial charge in [-0.2, -0.15) is 0 Å². The summed E-state index contributed by atoms with van der Waals surface area (Å²) in [5, 5.41) is 0. The third kappa shape index (κ3) is 1.54. The Bertz CT molecular complexity index is 666. The molecule has 1 aliphatic rings. The second-order valence-corrected chi connectivity index (χ2v) is 6.01. The molecule has 1 aromatic heterocycles. The van der Waals surface area contributed by atoms with Gasteiger partial charge in [-0.25, -0.2) is 4.39 Å². The molecular weight excluding hydrogens is 235 g/mol. The van der Waals surface area contributed by atoms with E-state index >= 15 is 0 Å². The molecule has 0 spiro atoms. The fraction of sp³-hybridized carbons (Fsp3) is 0.462. The quantitative estimate of drug-likeness (QED) is 0.755. The topological polar surface area (TPSA) is 20.7 Å². The Balaban J connectivity index is 2.28. The molecule has 1 N–H and O–H groups in total. The van der Waals surface area contributed by atoms with Crippen LogP contribution in [0.5, 0.6) is 0 Å². The molecule has 1 aliphatic carbocycles. The number of rotatable bonds is 1. The van der Waals surface area contributed by atoms with Crippen molar-refractivity contribution < 1.29 is 4.39 Å². The van der Waals surface area contributed by atoms with Crippen molar-refractivity contribution in [3.63, 3.8) is 0 Å². The summed E-state index contributed by atoms with van der Waals surface area (Å²) >= 11 is 5.34. The Morgan fingerprint density at radius 3 is 2.71 bits per heavy atom. The van der Waals surface area contributed by atoms with Crippen LogP contribution in [0.1, 0.15) is 31.9 Å². The fourth-order valence-corrected chi connectivity index (χ4v) is 2.78. The number of imidazole rings is 1. The van der Waals surface area contributed by atoms with E-state index < -0.39 is 0 Å². The molecule has 0 aliphatic heterocycles. The average Bonchev–Trinajstić information content (AvgIpc) is 2.70. The first-order valence-electron chi connectivity index (χ1n) is 5.80. The Morgan fingerprint density at radius 1 is 1.47 bits per heavy atom. The summed E-state index contributed by atoms with van der Waals surface area (Å²) in [6.45, 7) is 6.25. The lowest BCUT2D eigenvalue weighted by Gasteiger charge is -2.07. The van der Waals surface area contributed by atoms with Crippen molar-refractivity contribution in [3.8, 4) is 0 Å². The second-order valence-electron chi connectivity index (χ2n) is 5.63. The third-order valence-corrected chi connectivity index (χ3v) is 4.07. The van der Waals surface area contributed by atoms with E-state index in [1.54, 1.807) is 6.92 Å². The summed E-state index contributed by atoms with van der Waals surface area (Å²) in [6, 6.07) is 3.85. The van der Waals surface area contributed by atoms with Crippen LogP contribution < -0.4 is 0 Å². The molecule has 1 fully saturated rings. The highest BCUT2D eigenvalue weighted by Gasteiger charge is 2.47. The van der Waals surface area contributed by atoms with Crippen molar-refractivity contribution in [3.05, 3.63) is 28.3 Å². The van der Waals surface area contributed by atoms with Crippen LogP contribution in [0.25, 0.3) is 11.0 Å². The number of fused-ring (bicyclic) bond motifs is 1. The van der Waals surface area contributed by atoms with E-state index in [2.05, 4.69) is 23.4 Å². The smallest absolute Gasteiger partial charge is 0.178 e. The molecule has 2 nitrogen and oxygen atoms in total. The lowest BCUT2D eigenvalue weighted by molar-refractivity contribution is 0.545. The molecule has 90 valence electrons. The number of halogens is 1. The van der Waals surface area contributed by atoms with Crippen LogP contribution in [0.2, 0.25) is 0 Å². The van der Waals surface area contributed by atoms with Crippen molar-refractivity contribution in [2.24, 2.45) is 5.41 Å². The molecule has 0 radical (unpaired) electrons. The Morgan fingerprint density at radius 2 is 2.12 bits per heavy atom. The van der Waals surface area contributed by atoms with Crippen molar-refractivity contribution >= 4 is 23.3 Å². The number of aryl methyl sites for hydroxylation is 1. The minimum absolute atomic E-state index is 0.184. The first kappa shape index (κ1) is 11.0. The van der Waals surface area contributed by atoms with Crippen LogP contribution in [-0.2, 0) is 0 Å². The van der Waals surface area contributed by atoms with E-state index in [4.69, 9.17) is 12.2 Å². The molecule has 1 heterocycles. The van der Waals surface area contributed by atoms with Gasteiger partial charge in [-0.1, -0.05) is 13.8 Å². The molecular formula is C13H15FN2S. The standard InChI is InChI=1S/C13H15FN2S/c1-7-4-10-9(5-8(7)14)15-12(17)16(10)11-6-13(11,2)3/h4-5,11H,6H2,1-3H3,(H,15,17). The highest BCUT2D eigenvalue weighted by molar-refractivity contribution is 7.71. The van der Waals surface area contributed by atoms with Gasteiger partial charge in [0, 0.05) is 6.04 Å². The van der Waals surface area contributed by atoms with Crippen molar-refractivity contribution in [1.82, 2.24) is 9.55 Å². The summed E-state index contributed by atoms with van der Waals surface area (Å²) in [6.07, 6.45) is 1.13. The molecule has 0 bridgehead atoms. The summed E-state index contributed by atoms with van der Waals surface area (Å²) in [5.74, 6) is -0.184. The molecule has 1 saturated carbocycles. The highest BCUT2D eigenvalue weighted by Crippen LogP contribution is 2.56. The number of hydrogen-bond acceptors (Lipinski definition) is 1. The van der Waals surface area contributed by atoms with Crippen LogP contribution in [0, 0.1) is 22.9 Å². The monoisotopic (exact) mass is 250 g/mol. The molecule has 1 aromatic carbocycles. The minimum atomic E-state index is -0.184. The van der Waals surface area contributed by atoms with E-state index in [9.17, 15) is 4.39 Å². The lowest BCUT2D eigenvalue weighted by Crippen LogP contribution is -2.00. The van der Waals surface area contributed by atoms with Gasteiger partial charge in [0.05, 0.1) is 11.0 Å². The van der Waals surface area contributed by atoms with Gasteiger partial charge in [0.15, 0.2) is 4.77 Å². The average molecular weight is 250 g/mol. The maximum atomic E-state index is 13.5. The largest absolute Gasteiger partial charge is 0.330 e. The number of hydrogen-bond donors (Lipinski definition) is 1. The van der Waals surface area contributed by atoms with E-state index in [1.807, 2.05) is 6.07 Å². The summed E-state index contributed by atoms with van der Waals surface area (Å²) in [5.41, 5.74) is 2.78. The van der Waals surface area contributed by atoms with Gasteiger partial charge in [0.2, 0.25) is 0 Å². The van der Waals surface area contributed by atoms with Gasteiger partial charge in [-0.3, -0.25) is 0 Å². The summed E-state index contributed by atoms with van der Waals surface area (Å²) < 4.78 is 16.3. The number of nitrogens with zero attached hydrogens (tertiary/aromatic N) is 1. The van der Waals surface area contributed by atoms with Gasteiger partial charge in [0.1, 0.15) is 5.82 Å². The number of aromatic nitrogens is 2. The van der Waals surface area contributed by atoms with Crippen molar-refractivity contribution in [1.29, 1.82) is 0 Å². The van der Waals surface area contributed by atoms with E-state index in [1.165, 1.54) is 6.07 Å². The first-order chi connectivity index (χ1) is 7.90. The van der Waals surface area contributed by atoms with E-state index in [-0.39, 0.29) is 5.82 Å². The van der Waals surface area contributed by atoms with Crippen LogP contribution in [0.15, 0.2) is 12.1 Å². The molecule has 1 atom stereocenters. The first-order valence-corrected chi connectivity index (χ1v) is 6.21. The summed E-state index contributed by atoms with van der Waals surface area (Å²) in [7, 11) is 0. The molecule has 1 unspecified atom stereocenters. The zero-order chi connectivity index (χ0) is 12.4. The molecule has 0 saturated heterocycles. The van der Waals surface area contributed by atoms with E-state index in [0.29, 0.717) is 21.8 Å². The van der Waals surface area contributed by atoms with Gasteiger partial charge in [-0.05, 0) is 48.7 Å². The van der Waals surface area contributed by atoms with Gasteiger partial charge >= 0.3 is 0 Å². The zero-order valence-corrected chi connectivity index (χ0v) is 11.0. The van der Waals surface area contributed by atoms with Crippen LogP contribution in [0.3, 0.4) is 0 Å². The number of nitrogens with one attached hydrogen (secondary N) is 1. The summed E-state index contributed by atoms with van der Waals surface area (Å²) in [4.78, 5) is 3.09. The number of H-pyrrole nitrogens is 1. The van der Waals surface area contributed by atoms with Crippen LogP contribution in [0.4, 0.5) is 4.39 Å². The van der Waals surface area contributed by atoms with Crippen LogP contribution in [-0.4, -0.2) is 9.55 Å². The maximum absolute atomic E-state index is 13.5. The van der Waals surface area contributed by atoms with Crippen molar-refractivity contribution in [2.45, 2.75) is 33.2 Å². The fourth-order valence-electron chi connectivity index (χ4n) is 2.44. The maximum Gasteiger partial charge on any atom is 0.178 e. The number of benzene rings is 1. The Kier molecular flexibility index (Phi) is 2.06. The Hall–Kier alpha value is -1.16. The van der Waals surface area contributed by atoms with Gasteiger partial charge in [0.25, 0.3) is 0 Å². The highest BCUT2D eigenvalue weighted by atomic mass is 32.1. The minimum Gasteiger partial charge on any atom is -0.330 e. The Labute approximate surface area is 104 Å². The van der Waals surface area contributed by atoms with Gasteiger partial charge < -0.3 is 9.55 Å². The van der Waals surface area contributed by atoms with E-state index in [0.717, 1.165) is 17.5 Å². The van der Waals surface area contributed by atoms with Crippen LogP contribution >= 0.6 is 12.2 Å². The SMILES string of the molecule is Cc1cc2c(cc1F)[nH]c(=S)n2C1CC1(C)C. The number of aromatic amines is 1. The molecule has 17 heavy (non-hydrogen) atoms. The molecule has 0 amide bonds.